The van der Waals surface area contributed by atoms with Crippen molar-refractivity contribution in [1.82, 2.24) is 4.98 Å². The standard InChI is InChI=1S/C21H19N3O4/c1-26-18-5-3-2-4-16(18)24-21(25)17-8-7-15(12-23-17)22-11-14-6-9-19-20(10-14)28-13-27-19/h2-10,12,22H,11,13H2,1H3,(H,24,25). The molecule has 1 aliphatic heterocycles. The van der Waals surface area contributed by atoms with Gasteiger partial charge in [0.25, 0.3) is 5.91 Å². The van der Waals surface area contributed by atoms with Crippen molar-refractivity contribution in [3.63, 3.8) is 0 Å². The normalized spacial score (nSPS) is 11.8. The monoisotopic (exact) mass is 377 g/mol. The molecule has 2 heterocycles. The summed E-state index contributed by atoms with van der Waals surface area (Å²) in [5.74, 6) is 1.81. The van der Waals surface area contributed by atoms with Crippen molar-refractivity contribution in [2.45, 2.75) is 6.54 Å². The molecule has 0 saturated carbocycles. The summed E-state index contributed by atoms with van der Waals surface area (Å²) in [6.07, 6.45) is 1.63. The van der Waals surface area contributed by atoms with Gasteiger partial charge in [0.2, 0.25) is 6.79 Å². The first-order valence-electron chi connectivity index (χ1n) is 8.76. The van der Waals surface area contributed by atoms with Gasteiger partial charge in [0.05, 0.1) is 24.7 Å². The molecule has 2 N–H and O–H groups in total. The molecule has 0 atom stereocenters. The molecular weight excluding hydrogens is 358 g/mol. The quantitative estimate of drug-likeness (QED) is 0.682. The van der Waals surface area contributed by atoms with Crippen LogP contribution in [0.15, 0.2) is 60.8 Å². The Morgan fingerprint density at radius 2 is 1.96 bits per heavy atom. The topological polar surface area (TPSA) is 81.7 Å². The lowest BCUT2D eigenvalue weighted by Crippen LogP contribution is -2.14. The number of nitrogens with zero attached hydrogens (tertiary/aromatic N) is 1. The number of rotatable bonds is 6. The maximum atomic E-state index is 12.4. The van der Waals surface area contributed by atoms with E-state index < -0.39 is 0 Å². The van der Waals surface area contributed by atoms with E-state index in [0.29, 0.717) is 23.7 Å². The molecule has 0 saturated heterocycles. The highest BCUT2D eigenvalue weighted by Crippen LogP contribution is 2.32. The van der Waals surface area contributed by atoms with Crippen LogP contribution in [0.5, 0.6) is 17.2 Å². The van der Waals surface area contributed by atoms with Crippen molar-refractivity contribution in [3.8, 4) is 17.2 Å². The number of para-hydroxylation sites is 2. The molecule has 28 heavy (non-hydrogen) atoms. The molecule has 1 aromatic heterocycles. The molecular formula is C21H19N3O4. The second-order valence-corrected chi connectivity index (χ2v) is 6.13. The van der Waals surface area contributed by atoms with Crippen LogP contribution < -0.4 is 24.8 Å². The zero-order valence-corrected chi connectivity index (χ0v) is 15.3. The van der Waals surface area contributed by atoms with Gasteiger partial charge in [-0.25, -0.2) is 4.98 Å². The summed E-state index contributed by atoms with van der Waals surface area (Å²) in [6.45, 7) is 0.861. The molecule has 4 rings (SSSR count). The van der Waals surface area contributed by atoms with Gasteiger partial charge in [-0.1, -0.05) is 18.2 Å². The van der Waals surface area contributed by atoms with Crippen LogP contribution in [0.25, 0.3) is 0 Å². The lowest BCUT2D eigenvalue weighted by molar-refractivity contribution is 0.102. The number of carbonyl (C=O) groups excluding carboxylic acids is 1. The molecule has 0 spiro atoms. The van der Waals surface area contributed by atoms with Crippen molar-refractivity contribution in [1.29, 1.82) is 0 Å². The molecule has 142 valence electrons. The van der Waals surface area contributed by atoms with E-state index in [4.69, 9.17) is 14.2 Å². The molecule has 0 fully saturated rings. The Balaban J connectivity index is 1.37. The average molecular weight is 377 g/mol. The molecule has 0 aliphatic carbocycles. The molecule has 3 aromatic rings. The fourth-order valence-electron chi connectivity index (χ4n) is 2.82. The van der Waals surface area contributed by atoms with E-state index in [1.807, 2.05) is 36.4 Å². The molecule has 1 aliphatic rings. The van der Waals surface area contributed by atoms with Crippen LogP contribution in [0, 0.1) is 0 Å². The van der Waals surface area contributed by atoms with E-state index >= 15 is 0 Å². The van der Waals surface area contributed by atoms with Crippen molar-refractivity contribution < 1.29 is 19.0 Å². The molecule has 0 radical (unpaired) electrons. The van der Waals surface area contributed by atoms with Crippen molar-refractivity contribution in [2.75, 3.05) is 24.5 Å². The molecule has 1 amide bonds. The summed E-state index contributed by atoms with van der Waals surface area (Å²) in [6, 6.07) is 16.5. The predicted molar refractivity (Wildman–Crippen MR) is 105 cm³/mol. The van der Waals surface area contributed by atoms with Gasteiger partial charge < -0.3 is 24.8 Å². The summed E-state index contributed by atoms with van der Waals surface area (Å²) >= 11 is 0. The minimum atomic E-state index is -0.299. The molecule has 7 heteroatoms. The zero-order chi connectivity index (χ0) is 19.3. The SMILES string of the molecule is COc1ccccc1NC(=O)c1ccc(NCc2ccc3c(c2)OCO3)cn1. The highest BCUT2D eigenvalue weighted by atomic mass is 16.7. The lowest BCUT2D eigenvalue weighted by atomic mass is 10.2. The van der Waals surface area contributed by atoms with E-state index in [1.165, 1.54) is 0 Å². The first kappa shape index (κ1) is 17.7. The third kappa shape index (κ3) is 3.83. The minimum Gasteiger partial charge on any atom is -0.495 e. The first-order valence-corrected chi connectivity index (χ1v) is 8.76. The van der Waals surface area contributed by atoms with E-state index in [-0.39, 0.29) is 12.7 Å². The Labute approximate surface area is 162 Å². The van der Waals surface area contributed by atoms with Crippen LogP contribution in [0.1, 0.15) is 16.1 Å². The predicted octanol–water partition coefficient (Wildman–Crippen LogP) is 3.68. The van der Waals surface area contributed by atoms with E-state index in [1.54, 1.807) is 31.5 Å². The van der Waals surface area contributed by atoms with Crippen LogP contribution in [0.3, 0.4) is 0 Å². The van der Waals surface area contributed by atoms with Gasteiger partial charge in [0, 0.05) is 6.54 Å². The van der Waals surface area contributed by atoms with E-state index in [9.17, 15) is 4.79 Å². The lowest BCUT2D eigenvalue weighted by Gasteiger charge is -2.10. The summed E-state index contributed by atoms with van der Waals surface area (Å²) < 4.78 is 15.9. The second-order valence-electron chi connectivity index (χ2n) is 6.13. The summed E-state index contributed by atoms with van der Waals surface area (Å²) in [7, 11) is 1.56. The second kappa shape index (κ2) is 7.87. The minimum absolute atomic E-state index is 0.258. The summed E-state index contributed by atoms with van der Waals surface area (Å²) in [5, 5.41) is 6.08. The third-order valence-electron chi connectivity index (χ3n) is 4.28. The third-order valence-corrected chi connectivity index (χ3v) is 4.28. The smallest absolute Gasteiger partial charge is 0.274 e. The molecule has 7 nitrogen and oxygen atoms in total. The Morgan fingerprint density at radius 3 is 2.79 bits per heavy atom. The Morgan fingerprint density at radius 1 is 1.11 bits per heavy atom. The number of benzene rings is 2. The van der Waals surface area contributed by atoms with Gasteiger partial charge in [0.1, 0.15) is 11.4 Å². The van der Waals surface area contributed by atoms with Crippen LogP contribution >= 0.6 is 0 Å². The number of hydrogen-bond donors (Lipinski definition) is 2. The van der Waals surface area contributed by atoms with Crippen molar-refractivity contribution >= 4 is 17.3 Å². The number of fused-ring (bicyclic) bond motifs is 1. The van der Waals surface area contributed by atoms with Gasteiger partial charge in [-0.15, -0.1) is 0 Å². The number of hydrogen-bond acceptors (Lipinski definition) is 6. The molecule has 2 aromatic carbocycles. The van der Waals surface area contributed by atoms with Crippen LogP contribution in [-0.4, -0.2) is 24.8 Å². The van der Waals surface area contributed by atoms with Gasteiger partial charge in [-0.2, -0.15) is 0 Å². The number of ether oxygens (including phenoxy) is 3. The van der Waals surface area contributed by atoms with Crippen LogP contribution in [0.4, 0.5) is 11.4 Å². The Kier molecular flexibility index (Phi) is 4.97. The number of carbonyl (C=O) groups is 1. The number of methoxy groups -OCH3 is 1. The van der Waals surface area contributed by atoms with Crippen molar-refractivity contribution in [2.24, 2.45) is 0 Å². The molecule has 0 unspecified atom stereocenters. The van der Waals surface area contributed by atoms with Gasteiger partial charge >= 0.3 is 0 Å². The number of aromatic nitrogens is 1. The fourth-order valence-corrected chi connectivity index (χ4v) is 2.82. The number of nitrogens with one attached hydrogen (secondary N) is 2. The van der Waals surface area contributed by atoms with E-state index in [2.05, 4.69) is 15.6 Å². The highest BCUT2D eigenvalue weighted by molar-refractivity contribution is 6.03. The summed E-state index contributed by atoms with van der Waals surface area (Å²) in [5.41, 5.74) is 2.79. The van der Waals surface area contributed by atoms with E-state index in [0.717, 1.165) is 22.7 Å². The van der Waals surface area contributed by atoms with Gasteiger partial charge in [0.15, 0.2) is 11.5 Å². The Bertz CT molecular complexity index is 989. The zero-order valence-electron chi connectivity index (χ0n) is 15.3. The maximum Gasteiger partial charge on any atom is 0.274 e. The Hall–Kier alpha value is -3.74. The maximum absolute atomic E-state index is 12.4. The summed E-state index contributed by atoms with van der Waals surface area (Å²) in [4.78, 5) is 16.6. The average Bonchev–Trinajstić information content (AvgIpc) is 3.21. The molecule has 0 bridgehead atoms. The number of anilines is 2. The largest absolute Gasteiger partial charge is 0.495 e. The number of amides is 1. The van der Waals surface area contributed by atoms with Gasteiger partial charge in [-0.05, 0) is 42.0 Å². The van der Waals surface area contributed by atoms with Gasteiger partial charge in [-0.3, -0.25) is 4.79 Å². The van der Waals surface area contributed by atoms with Crippen LogP contribution in [-0.2, 0) is 6.54 Å². The fraction of sp³-hybridized carbons (Fsp3) is 0.143. The van der Waals surface area contributed by atoms with Crippen LogP contribution in [0.2, 0.25) is 0 Å². The number of pyridine rings is 1. The highest BCUT2D eigenvalue weighted by Gasteiger charge is 2.13. The van der Waals surface area contributed by atoms with Crippen molar-refractivity contribution in [3.05, 3.63) is 72.1 Å². The first-order chi connectivity index (χ1) is 13.7.